The van der Waals surface area contributed by atoms with Crippen molar-refractivity contribution in [3.63, 3.8) is 0 Å². The molecule has 0 saturated heterocycles. The Balaban J connectivity index is 0.000000184. The van der Waals surface area contributed by atoms with Gasteiger partial charge in [0.05, 0.1) is 41.9 Å². The zero-order valence-corrected chi connectivity index (χ0v) is 32.0. The van der Waals surface area contributed by atoms with Crippen LogP contribution in [-0.4, -0.2) is 59.2 Å². The number of aromatic amines is 1. The molecule has 8 aromatic rings. The van der Waals surface area contributed by atoms with Gasteiger partial charge >= 0.3 is 12.4 Å². The standard InChI is InChI=1S/C22H17F4N3O2.C21H15F4N3O2/c1-13-9-16(12-27-20(13)31-2)21(30,22(24,25)26)15-3-8-19-14(10-15)11-28-29(19)18-6-4-17(23)5-7-18;1-12-8-15(11-26-19(12)29)20(30,21(23,24)25)14-2-7-18-13(9-14)10-27-28(18)17-5-3-16(22)4-6-17/h3-12,30H,1-2H3;2-11,30H,1H3,(H,26,29). The number of aryl methyl sites for hydroxylation is 2. The number of rotatable bonds is 7. The van der Waals surface area contributed by atoms with Crippen LogP contribution in [-0.2, 0) is 11.2 Å². The van der Waals surface area contributed by atoms with Gasteiger partial charge in [0.15, 0.2) is 0 Å². The summed E-state index contributed by atoms with van der Waals surface area (Å²) in [5.74, 6) is -0.672. The molecule has 314 valence electrons. The van der Waals surface area contributed by atoms with E-state index in [-0.39, 0.29) is 17.0 Å². The van der Waals surface area contributed by atoms with Crippen molar-refractivity contribution >= 4 is 21.8 Å². The van der Waals surface area contributed by atoms with Crippen LogP contribution in [0, 0.1) is 25.5 Å². The number of aromatic nitrogens is 6. The predicted octanol–water partition coefficient (Wildman–Crippen LogP) is 8.63. The summed E-state index contributed by atoms with van der Waals surface area (Å²) in [6.45, 7) is 2.90. The van der Waals surface area contributed by atoms with Crippen LogP contribution >= 0.6 is 0 Å². The lowest BCUT2D eigenvalue weighted by Gasteiger charge is -2.31. The molecule has 0 bridgehead atoms. The summed E-state index contributed by atoms with van der Waals surface area (Å²) in [5, 5.41) is 30.8. The van der Waals surface area contributed by atoms with Crippen molar-refractivity contribution in [3.05, 3.63) is 177 Å². The second-order valence-corrected chi connectivity index (χ2v) is 14.0. The van der Waals surface area contributed by atoms with Crippen molar-refractivity contribution in [2.45, 2.75) is 37.4 Å². The molecule has 4 aromatic heterocycles. The number of benzene rings is 4. The van der Waals surface area contributed by atoms with Gasteiger partial charge in [-0.15, -0.1) is 0 Å². The highest BCUT2D eigenvalue weighted by atomic mass is 19.4. The van der Waals surface area contributed by atoms with Crippen LogP contribution in [0.3, 0.4) is 0 Å². The largest absolute Gasteiger partial charge is 0.481 e. The van der Waals surface area contributed by atoms with Crippen LogP contribution < -0.4 is 10.3 Å². The first-order valence-corrected chi connectivity index (χ1v) is 18.0. The molecular weight excluding hydrogens is 816 g/mol. The molecule has 0 saturated carbocycles. The number of alkyl halides is 6. The minimum absolute atomic E-state index is 0.0420. The third-order valence-corrected chi connectivity index (χ3v) is 10.1. The Morgan fingerprint density at radius 1 is 0.590 bits per heavy atom. The molecule has 4 aromatic carbocycles. The molecule has 2 unspecified atom stereocenters. The number of nitrogens with one attached hydrogen (secondary N) is 1. The summed E-state index contributed by atoms with van der Waals surface area (Å²) < 4.78 is 119. The van der Waals surface area contributed by atoms with Gasteiger partial charge in [-0.1, -0.05) is 12.1 Å². The highest BCUT2D eigenvalue weighted by Crippen LogP contribution is 2.46. The average Bonchev–Trinajstić information content (AvgIpc) is 3.85. The number of halogens is 8. The van der Waals surface area contributed by atoms with Crippen LogP contribution in [0.4, 0.5) is 35.1 Å². The normalized spacial score (nSPS) is 14.0. The van der Waals surface area contributed by atoms with Crippen molar-refractivity contribution in [2.75, 3.05) is 7.11 Å². The third kappa shape index (κ3) is 7.59. The van der Waals surface area contributed by atoms with E-state index in [0.717, 1.165) is 24.5 Å². The van der Waals surface area contributed by atoms with Gasteiger partial charge in [0.25, 0.3) is 5.56 Å². The molecule has 2 atom stereocenters. The fourth-order valence-corrected chi connectivity index (χ4v) is 6.86. The first-order chi connectivity index (χ1) is 28.8. The molecule has 4 heterocycles. The lowest BCUT2D eigenvalue weighted by atomic mass is 9.85. The molecule has 0 aliphatic carbocycles. The molecular formula is C43H32F8N6O4. The van der Waals surface area contributed by atoms with E-state index < -0.39 is 57.4 Å². The van der Waals surface area contributed by atoms with E-state index in [0.29, 0.717) is 38.7 Å². The average molecular weight is 849 g/mol. The molecule has 3 N–H and O–H groups in total. The molecule has 10 nitrogen and oxygen atoms in total. The van der Waals surface area contributed by atoms with Gasteiger partial charge in [0.2, 0.25) is 17.1 Å². The van der Waals surface area contributed by atoms with E-state index in [2.05, 4.69) is 20.2 Å². The molecule has 61 heavy (non-hydrogen) atoms. The molecule has 0 fully saturated rings. The summed E-state index contributed by atoms with van der Waals surface area (Å²) in [4.78, 5) is 17.7. The quantitative estimate of drug-likeness (QED) is 0.137. The van der Waals surface area contributed by atoms with E-state index in [4.69, 9.17) is 4.74 Å². The van der Waals surface area contributed by atoms with Crippen LogP contribution in [0.1, 0.15) is 33.4 Å². The van der Waals surface area contributed by atoms with Gasteiger partial charge in [-0.2, -0.15) is 36.5 Å². The second-order valence-electron chi connectivity index (χ2n) is 14.0. The molecule has 0 spiro atoms. The Kier molecular flexibility index (Phi) is 10.8. The molecule has 0 amide bonds. The zero-order valence-electron chi connectivity index (χ0n) is 32.0. The van der Waals surface area contributed by atoms with Crippen LogP contribution in [0.15, 0.2) is 127 Å². The maximum absolute atomic E-state index is 14.1. The minimum Gasteiger partial charge on any atom is -0.481 e. The summed E-state index contributed by atoms with van der Waals surface area (Å²) in [6, 6.07) is 20.8. The number of pyridine rings is 2. The van der Waals surface area contributed by atoms with Crippen molar-refractivity contribution in [3.8, 4) is 17.3 Å². The number of methoxy groups -OCH3 is 1. The molecule has 18 heteroatoms. The van der Waals surface area contributed by atoms with Gasteiger partial charge in [0.1, 0.15) is 11.6 Å². The van der Waals surface area contributed by atoms with Crippen molar-refractivity contribution in [2.24, 2.45) is 0 Å². The summed E-state index contributed by atoms with van der Waals surface area (Å²) in [7, 11) is 1.36. The van der Waals surface area contributed by atoms with Gasteiger partial charge in [-0.3, -0.25) is 4.79 Å². The number of aliphatic hydroxyl groups is 2. The number of ether oxygens (including phenoxy) is 1. The Hall–Kier alpha value is -6.92. The molecule has 0 aliphatic heterocycles. The van der Waals surface area contributed by atoms with E-state index in [9.17, 15) is 50.1 Å². The summed E-state index contributed by atoms with van der Waals surface area (Å²) >= 11 is 0. The zero-order chi connectivity index (χ0) is 44.1. The lowest BCUT2D eigenvalue weighted by molar-refractivity contribution is -0.248. The highest BCUT2D eigenvalue weighted by Gasteiger charge is 2.57. The number of hydrogen-bond acceptors (Lipinski definition) is 7. The molecule has 0 radical (unpaired) electrons. The summed E-state index contributed by atoms with van der Waals surface area (Å²) in [5.41, 5.74) is -6.45. The van der Waals surface area contributed by atoms with E-state index in [1.54, 1.807) is 6.92 Å². The second kappa shape index (κ2) is 15.6. The van der Waals surface area contributed by atoms with E-state index in [1.807, 2.05) is 0 Å². The summed E-state index contributed by atoms with van der Waals surface area (Å²) in [6.07, 6.45) is -5.53. The first kappa shape index (κ1) is 42.2. The van der Waals surface area contributed by atoms with Gasteiger partial charge in [-0.05, 0) is 110 Å². The van der Waals surface area contributed by atoms with Gasteiger partial charge in [0, 0.05) is 45.4 Å². The Morgan fingerprint density at radius 3 is 1.44 bits per heavy atom. The van der Waals surface area contributed by atoms with Crippen LogP contribution in [0.2, 0.25) is 0 Å². The molecule has 8 rings (SSSR count). The minimum atomic E-state index is -5.06. The maximum Gasteiger partial charge on any atom is 0.425 e. The Bertz CT molecular complexity index is 2940. The first-order valence-electron chi connectivity index (χ1n) is 18.0. The van der Waals surface area contributed by atoms with Crippen molar-refractivity contribution < 1.29 is 50.1 Å². The Labute approximate surface area is 339 Å². The predicted molar refractivity (Wildman–Crippen MR) is 207 cm³/mol. The SMILES string of the molecule is COc1ncc(C(O)(c2ccc3c(cnn3-c3ccc(F)cc3)c2)C(F)(F)F)cc1C.Cc1cc(C(O)(c2ccc3c(cnn3-c3ccc(F)cc3)c2)C(F)(F)F)c[nH]c1=O. The fourth-order valence-electron chi connectivity index (χ4n) is 6.86. The third-order valence-electron chi connectivity index (χ3n) is 10.1. The van der Waals surface area contributed by atoms with Gasteiger partial charge in [-0.25, -0.2) is 23.1 Å². The van der Waals surface area contributed by atoms with Gasteiger partial charge < -0.3 is 19.9 Å². The number of fused-ring (bicyclic) bond motifs is 2. The fraction of sp³-hybridized carbons (Fsp3) is 0.163. The van der Waals surface area contributed by atoms with Crippen LogP contribution in [0.25, 0.3) is 33.2 Å². The van der Waals surface area contributed by atoms with E-state index >= 15 is 0 Å². The van der Waals surface area contributed by atoms with Crippen molar-refractivity contribution in [1.82, 2.24) is 29.5 Å². The van der Waals surface area contributed by atoms with Crippen molar-refractivity contribution in [1.29, 1.82) is 0 Å². The topological polar surface area (TPSA) is 131 Å². The van der Waals surface area contributed by atoms with Crippen LogP contribution in [0.5, 0.6) is 5.88 Å². The maximum atomic E-state index is 14.1. The Morgan fingerprint density at radius 2 is 1.03 bits per heavy atom. The smallest absolute Gasteiger partial charge is 0.425 e. The number of hydrogen-bond donors (Lipinski definition) is 3. The number of nitrogens with zero attached hydrogens (tertiary/aromatic N) is 5. The molecule has 0 aliphatic rings. The number of H-pyrrole nitrogens is 1. The highest BCUT2D eigenvalue weighted by molar-refractivity contribution is 5.82. The monoisotopic (exact) mass is 848 g/mol. The van der Waals surface area contributed by atoms with E-state index in [1.165, 1.54) is 121 Å². The lowest BCUT2D eigenvalue weighted by Crippen LogP contribution is -2.43.